The van der Waals surface area contributed by atoms with E-state index in [2.05, 4.69) is 15.3 Å². The van der Waals surface area contributed by atoms with Gasteiger partial charge >= 0.3 is 0 Å². The molecule has 1 aromatic carbocycles. The number of hydrogen-bond acceptors (Lipinski definition) is 6. The monoisotopic (exact) mass is 364 g/mol. The van der Waals surface area contributed by atoms with Gasteiger partial charge in [-0.25, -0.2) is 18.4 Å². The van der Waals surface area contributed by atoms with Gasteiger partial charge in [0.05, 0.1) is 34.7 Å². The maximum Gasteiger partial charge on any atom is 0.216 e. The number of rotatable bonds is 5. The molecule has 0 aliphatic carbocycles. The molecule has 2 atom stereocenters. The summed E-state index contributed by atoms with van der Waals surface area (Å²) in [5, 5.41) is 3.11. The van der Waals surface area contributed by atoms with Crippen LogP contribution < -0.4 is 5.32 Å². The minimum Gasteiger partial charge on any atom is -0.373 e. The van der Waals surface area contributed by atoms with E-state index in [-0.39, 0.29) is 24.5 Å². The van der Waals surface area contributed by atoms with E-state index in [1.807, 2.05) is 45.0 Å². The molecule has 1 aliphatic heterocycles. The molecule has 0 spiro atoms. The van der Waals surface area contributed by atoms with E-state index < -0.39 is 10.0 Å². The first-order chi connectivity index (χ1) is 11.8. The molecule has 0 saturated carbocycles. The number of nitrogens with zero attached hydrogens (tertiary/aromatic N) is 3. The zero-order valence-corrected chi connectivity index (χ0v) is 15.6. The third-order valence-corrected chi connectivity index (χ3v) is 5.98. The second kappa shape index (κ2) is 7.23. The number of fused-ring (bicyclic) bond motifs is 1. The summed E-state index contributed by atoms with van der Waals surface area (Å²) in [5.41, 5.74) is 2.37. The predicted molar refractivity (Wildman–Crippen MR) is 98.1 cm³/mol. The highest BCUT2D eigenvalue weighted by molar-refractivity contribution is 7.89. The van der Waals surface area contributed by atoms with Crippen molar-refractivity contribution in [2.45, 2.75) is 33.0 Å². The number of ether oxygens (including phenoxy) is 1. The van der Waals surface area contributed by atoms with Crippen molar-refractivity contribution in [3.8, 4) is 0 Å². The Hall–Kier alpha value is -1.77. The topological polar surface area (TPSA) is 84.4 Å². The van der Waals surface area contributed by atoms with Gasteiger partial charge in [-0.05, 0) is 32.9 Å². The molecule has 0 radical (unpaired) electrons. The van der Waals surface area contributed by atoms with Gasteiger partial charge in [0.25, 0.3) is 0 Å². The van der Waals surface area contributed by atoms with E-state index in [0.29, 0.717) is 18.9 Å². The quantitative estimate of drug-likeness (QED) is 0.871. The Morgan fingerprint density at radius 2 is 1.76 bits per heavy atom. The molecule has 0 bridgehead atoms. The van der Waals surface area contributed by atoms with Gasteiger partial charge in [0.15, 0.2) is 0 Å². The zero-order chi connectivity index (χ0) is 18.0. The van der Waals surface area contributed by atoms with E-state index in [4.69, 9.17) is 4.74 Å². The van der Waals surface area contributed by atoms with E-state index in [1.54, 1.807) is 0 Å². The van der Waals surface area contributed by atoms with Crippen LogP contribution in [0.5, 0.6) is 0 Å². The van der Waals surface area contributed by atoms with E-state index >= 15 is 0 Å². The summed E-state index contributed by atoms with van der Waals surface area (Å²) in [4.78, 5) is 9.03. The SMILES string of the molecule is Cc1nc2ccccc2nc1NCCS(=O)(=O)N1C[C@H](C)O[C@@H](C)C1. The van der Waals surface area contributed by atoms with Crippen molar-refractivity contribution in [3.05, 3.63) is 30.0 Å². The highest BCUT2D eigenvalue weighted by atomic mass is 32.2. The molecule has 136 valence electrons. The van der Waals surface area contributed by atoms with Crippen LogP contribution in [0.1, 0.15) is 19.5 Å². The largest absolute Gasteiger partial charge is 0.373 e. The molecule has 1 aromatic heterocycles. The fourth-order valence-electron chi connectivity index (χ4n) is 3.04. The van der Waals surface area contributed by atoms with Crippen molar-refractivity contribution >= 4 is 26.9 Å². The Morgan fingerprint density at radius 1 is 1.16 bits per heavy atom. The number of anilines is 1. The van der Waals surface area contributed by atoms with Crippen LogP contribution in [0, 0.1) is 6.92 Å². The van der Waals surface area contributed by atoms with Gasteiger partial charge in [-0.1, -0.05) is 12.1 Å². The summed E-state index contributed by atoms with van der Waals surface area (Å²) >= 11 is 0. The molecule has 2 heterocycles. The minimum absolute atomic E-state index is 0.0143. The number of aromatic nitrogens is 2. The van der Waals surface area contributed by atoms with Crippen LogP contribution >= 0.6 is 0 Å². The third-order valence-electron chi connectivity index (χ3n) is 4.18. The molecule has 0 amide bonds. The van der Waals surface area contributed by atoms with Crippen LogP contribution in [0.3, 0.4) is 0 Å². The number of hydrogen-bond donors (Lipinski definition) is 1. The average Bonchev–Trinajstić information content (AvgIpc) is 2.54. The van der Waals surface area contributed by atoms with Crippen molar-refractivity contribution in [3.63, 3.8) is 0 Å². The summed E-state index contributed by atoms with van der Waals surface area (Å²) in [6.45, 7) is 6.75. The number of sulfonamides is 1. The van der Waals surface area contributed by atoms with Crippen LogP contribution in [0.4, 0.5) is 5.82 Å². The molecule has 25 heavy (non-hydrogen) atoms. The standard InChI is InChI=1S/C17H24N4O3S/c1-12-10-21(11-13(2)24-12)25(22,23)9-8-18-17-14(3)19-15-6-4-5-7-16(15)20-17/h4-7,12-13H,8-11H2,1-3H3,(H,18,20)/t12-,13-/m0/s1. The van der Waals surface area contributed by atoms with E-state index in [0.717, 1.165) is 16.7 Å². The maximum absolute atomic E-state index is 12.6. The third kappa shape index (κ3) is 4.26. The summed E-state index contributed by atoms with van der Waals surface area (Å²) in [6, 6.07) is 7.62. The summed E-state index contributed by atoms with van der Waals surface area (Å²) in [6.07, 6.45) is -0.167. The number of benzene rings is 1. The van der Waals surface area contributed by atoms with E-state index in [1.165, 1.54) is 4.31 Å². The zero-order valence-electron chi connectivity index (χ0n) is 14.8. The molecule has 1 N–H and O–H groups in total. The normalized spacial score (nSPS) is 22.2. The van der Waals surface area contributed by atoms with Crippen LogP contribution in [-0.4, -0.2) is 60.3 Å². The van der Waals surface area contributed by atoms with Crippen LogP contribution in [0.2, 0.25) is 0 Å². The van der Waals surface area contributed by atoms with Gasteiger partial charge in [-0.3, -0.25) is 0 Å². The average molecular weight is 364 g/mol. The van der Waals surface area contributed by atoms with Gasteiger partial charge in [-0.15, -0.1) is 0 Å². The predicted octanol–water partition coefficient (Wildman–Crippen LogP) is 1.79. The molecule has 1 saturated heterocycles. The Balaban J connectivity index is 1.65. The van der Waals surface area contributed by atoms with Crippen LogP contribution in [0.25, 0.3) is 11.0 Å². The molecule has 0 unspecified atom stereocenters. The molecular weight excluding hydrogens is 340 g/mol. The van der Waals surface area contributed by atoms with Gasteiger partial charge in [0.2, 0.25) is 10.0 Å². The number of morpholine rings is 1. The fraction of sp³-hybridized carbons (Fsp3) is 0.529. The van der Waals surface area contributed by atoms with Crippen molar-refractivity contribution in [1.29, 1.82) is 0 Å². The lowest BCUT2D eigenvalue weighted by Crippen LogP contribution is -2.49. The summed E-state index contributed by atoms with van der Waals surface area (Å²) < 4.78 is 32.2. The molecule has 8 heteroatoms. The van der Waals surface area contributed by atoms with Crippen molar-refractivity contribution in [2.75, 3.05) is 30.7 Å². The molecule has 7 nitrogen and oxygen atoms in total. The Morgan fingerprint density at radius 3 is 2.40 bits per heavy atom. The maximum atomic E-state index is 12.6. The molecule has 2 aromatic rings. The lowest BCUT2D eigenvalue weighted by molar-refractivity contribution is -0.0440. The second-order valence-electron chi connectivity index (χ2n) is 6.46. The highest BCUT2D eigenvalue weighted by Gasteiger charge is 2.30. The Bertz CT molecular complexity index is 846. The smallest absolute Gasteiger partial charge is 0.216 e. The number of para-hydroxylation sites is 2. The number of aryl methyl sites for hydroxylation is 1. The van der Waals surface area contributed by atoms with Gasteiger partial charge in [0.1, 0.15) is 5.82 Å². The highest BCUT2D eigenvalue weighted by Crippen LogP contribution is 2.17. The minimum atomic E-state index is -3.33. The molecule has 3 rings (SSSR count). The molecule has 1 fully saturated rings. The summed E-state index contributed by atoms with van der Waals surface area (Å²) in [7, 11) is -3.33. The molecular formula is C17H24N4O3S. The lowest BCUT2D eigenvalue weighted by atomic mass is 10.3. The van der Waals surface area contributed by atoms with Gasteiger partial charge in [0, 0.05) is 19.6 Å². The fourth-order valence-corrected chi connectivity index (χ4v) is 4.53. The molecule has 1 aliphatic rings. The van der Waals surface area contributed by atoms with Crippen molar-refractivity contribution < 1.29 is 13.2 Å². The second-order valence-corrected chi connectivity index (χ2v) is 8.55. The Kier molecular flexibility index (Phi) is 5.21. The van der Waals surface area contributed by atoms with E-state index in [9.17, 15) is 8.42 Å². The van der Waals surface area contributed by atoms with Gasteiger partial charge in [-0.2, -0.15) is 4.31 Å². The van der Waals surface area contributed by atoms with Crippen LogP contribution in [0.15, 0.2) is 24.3 Å². The first-order valence-electron chi connectivity index (χ1n) is 8.45. The van der Waals surface area contributed by atoms with Crippen molar-refractivity contribution in [1.82, 2.24) is 14.3 Å². The first kappa shape index (κ1) is 18.0. The Labute approximate surface area is 148 Å². The summed E-state index contributed by atoms with van der Waals surface area (Å²) in [5.74, 6) is 0.637. The van der Waals surface area contributed by atoms with Gasteiger partial charge < -0.3 is 10.1 Å². The van der Waals surface area contributed by atoms with Crippen molar-refractivity contribution in [2.24, 2.45) is 0 Å². The number of nitrogens with one attached hydrogen (secondary N) is 1. The first-order valence-corrected chi connectivity index (χ1v) is 10.1. The van der Waals surface area contributed by atoms with Crippen LogP contribution in [-0.2, 0) is 14.8 Å². The lowest BCUT2D eigenvalue weighted by Gasteiger charge is -2.34.